The number of amides is 1. The molecule has 6 heteroatoms. The average molecular weight is 449 g/mol. The Labute approximate surface area is 194 Å². The van der Waals surface area contributed by atoms with Crippen molar-refractivity contribution in [2.45, 2.75) is 109 Å². The first-order valence-corrected chi connectivity index (χ1v) is 13.1. The van der Waals surface area contributed by atoms with E-state index >= 15 is 0 Å². The third-order valence-corrected chi connectivity index (χ3v) is 7.77. The number of carbonyl (C=O) groups excluding carboxylic acids is 1. The minimum absolute atomic E-state index is 0.251. The zero-order valence-electron chi connectivity index (χ0n) is 20.0. The minimum Gasteiger partial charge on any atom is -0.481 e. The molecule has 2 heterocycles. The molecule has 32 heavy (non-hydrogen) atoms. The third-order valence-electron chi connectivity index (χ3n) is 7.77. The number of nitrogens with zero attached hydrogens (tertiary/aromatic N) is 1. The van der Waals surface area contributed by atoms with Gasteiger partial charge in [-0.05, 0) is 83.1 Å². The molecule has 3 rings (SSSR count). The minimum atomic E-state index is -0.713. The van der Waals surface area contributed by atoms with Crippen molar-refractivity contribution in [2.24, 2.45) is 11.8 Å². The summed E-state index contributed by atoms with van der Waals surface area (Å²) in [5, 5.41) is 12.1. The molecule has 2 saturated heterocycles. The van der Waals surface area contributed by atoms with Crippen LogP contribution in [0.25, 0.3) is 0 Å². The first-order valence-electron chi connectivity index (χ1n) is 13.1. The van der Waals surface area contributed by atoms with Gasteiger partial charge in [0.05, 0.1) is 18.8 Å². The Kier molecular flexibility index (Phi) is 10.5. The number of carboxylic acid groups (broad SMARTS) is 1. The van der Waals surface area contributed by atoms with Gasteiger partial charge in [0.15, 0.2) is 0 Å². The van der Waals surface area contributed by atoms with Gasteiger partial charge in [-0.1, -0.05) is 31.4 Å². The van der Waals surface area contributed by atoms with Crippen molar-refractivity contribution in [3.63, 3.8) is 0 Å². The molecule has 0 aromatic heterocycles. The summed E-state index contributed by atoms with van der Waals surface area (Å²) in [6.07, 6.45) is 18.9. The summed E-state index contributed by atoms with van der Waals surface area (Å²) in [4.78, 5) is 25.2. The monoisotopic (exact) mass is 448 g/mol. The molecule has 2 N–H and O–H groups in total. The number of carbonyl (C=O) groups is 2. The molecule has 0 radical (unpaired) electrons. The molecule has 0 unspecified atom stereocenters. The molecule has 3 fully saturated rings. The fourth-order valence-electron chi connectivity index (χ4n) is 6.12. The number of fused-ring (bicyclic) bond motifs is 2. The number of aliphatic carboxylic acids is 1. The quantitative estimate of drug-likeness (QED) is 0.284. The Balaban J connectivity index is 1.29. The van der Waals surface area contributed by atoms with Gasteiger partial charge in [-0.2, -0.15) is 0 Å². The molecule has 2 bridgehead atoms. The van der Waals surface area contributed by atoms with E-state index in [-0.39, 0.29) is 12.3 Å². The molecule has 2 aliphatic heterocycles. The van der Waals surface area contributed by atoms with E-state index in [1.165, 1.54) is 51.4 Å². The second-order valence-electron chi connectivity index (χ2n) is 9.90. The van der Waals surface area contributed by atoms with E-state index in [1.807, 2.05) is 0 Å². The van der Waals surface area contributed by atoms with Crippen molar-refractivity contribution in [3.05, 3.63) is 12.2 Å². The highest BCUT2D eigenvalue weighted by Gasteiger charge is 2.47. The molecule has 0 aromatic carbocycles. The third kappa shape index (κ3) is 7.31. The molecule has 0 aromatic rings. The van der Waals surface area contributed by atoms with Gasteiger partial charge in [-0.25, -0.2) is 0 Å². The van der Waals surface area contributed by atoms with E-state index in [9.17, 15) is 9.59 Å². The van der Waals surface area contributed by atoms with Crippen LogP contribution in [0, 0.1) is 11.8 Å². The zero-order valence-corrected chi connectivity index (χ0v) is 20.0. The summed E-state index contributed by atoms with van der Waals surface area (Å²) in [5.74, 6) is 0.812. The van der Waals surface area contributed by atoms with Crippen LogP contribution in [-0.4, -0.2) is 59.8 Å². The van der Waals surface area contributed by atoms with Gasteiger partial charge in [0, 0.05) is 19.0 Å². The van der Waals surface area contributed by atoms with Crippen molar-refractivity contribution in [3.8, 4) is 0 Å². The van der Waals surface area contributed by atoms with Crippen LogP contribution in [0.1, 0.15) is 90.4 Å². The lowest BCUT2D eigenvalue weighted by molar-refractivity contribution is -0.137. The molecule has 1 amide bonds. The van der Waals surface area contributed by atoms with Crippen LogP contribution in [0.3, 0.4) is 0 Å². The Morgan fingerprint density at radius 3 is 2.50 bits per heavy atom. The second kappa shape index (κ2) is 13.3. The number of carboxylic acids is 1. The van der Waals surface area contributed by atoms with Crippen molar-refractivity contribution in [1.82, 2.24) is 10.2 Å². The van der Waals surface area contributed by atoms with Crippen molar-refractivity contribution < 1.29 is 19.4 Å². The maximum atomic E-state index is 12.5. The standard InChI is InChI=1S/C26H44N2O4/c1-2-28(20-11-7-8-12-20)25(29)19-27-18-10-9-14-22-21(23-16-17-24(22)32-23)13-5-3-4-6-15-26(30)31/h3,5,20-24,27H,2,4,6-19H2,1H3,(H,30,31)/b5-3-/t21-,22-,23-,24+/m1/s1. The van der Waals surface area contributed by atoms with Gasteiger partial charge in [-0.15, -0.1) is 0 Å². The Bertz CT molecular complexity index is 617. The predicted octanol–water partition coefficient (Wildman–Crippen LogP) is 4.53. The number of hydrogen-bond acceptors (Lipinski definition) is 4. The number of unbranched alkanes of at least 4 members (excludes halogenated alkanes) is 2. The van der Waals surface area contributed by atoms with Gasteiger partial charge >= 0.3 is 5.97 Å². The molecule has 3 aliphatic rings. The topological polar surface area (TPSA) is 78.9 Å². The summed E-state index contributed by atoms with van der Waals surface area (Å²) < 4.78 is 6.23. The molecule has 4 atom stereocenters. The van der Waals surface area contributed by atoms with Crippen LogP contribution in [0.4, 0.5) is 0 Å². The van der Waals surface area contributed by atoms with Crippen LogP contribution in [0.2, 0.25) is 0 Å². The first-order chi connectivity index (χ1) is 15.6. The summed E-state index contributed by atoms with van der Waals surface area (Å²) in [7, 11) is 0. The predicted molar refractivity (Wildman–Crippen MR) is 126 cm³/mol. The smallest absolute Gasteiger partial charge is 0.303 e. The number of hydrogen-bond donors (Lipinski definition) is 2. The van der Waals surface area contributed by atoms with E-state index in [4.69, 9.17) is 9.84 Å². The van der Waals surface area contributed by atoms with Crippen molar-refractivity contribution >= 4 is 11.9 Å². The van der Waals surface area contributed by atoms with E-state index in [0.29, 0.717) is 43.1 Å². The van der Waals surface area contributed by atoms with Gasteiger partial charge in [0.25, 0.3) is 0 Å². The Morgan fingerprint density at radius 1 is 1.03 bits per heavy atom. The van der Waals surface area contributed by atoms with Crippen molar-refractivity contribution in [2.75, 3.05) is 19.6 Å². The number of likely N-dealkylation sites (N-methyl/N-ethyl adjacent to an activating group) is 1. The number of nitrogens with one attached hydrogen (secondary N) is 1. The lowest BCUT2D eigenvalue weighted by Gasteiger charge is -2.28. The van der Waals surface area contributed by atoms with Crippen LogP contribution in [0.5, 0.6) is 0 Å². The molecular weight excluding hydrogens is 404 g/mol. The van der Waals surface area contributed by atoms with E-state index in [1.54, 1.807) is 0 Å². The fourth-order valence-corrected chi connectivity index (χ4v) is 6.12. The zero-order chi connectivity index (χ0) is 22.8. The maximum absolute atomic E-state index is 12.5. The average Bonchev–Trinajstić information content (AvgIpc) is 3.52. The molecule has 1 saturated carbocycles. The molecule has 6 nitrogen and oxygen atoms in total. The highest BCUT2D eigenvalue weighted by Crippen LogP contribution is 2.47. The molecule has 0 spiro atoms. The summed E-state index contributed by atoms with van der Waals surface area (Å²) in [6, 6.07) is 0.468. The number of ether oxygens (including phenoxy) is 1. The Morgan fingerprint density at radius 2 is 1.78 bits per heavy atom. The summed E-state index contributed by atoms with van der Waals surface area (Å²) in [5.41, 5.74) is 0. The summed E-state index contributed by atoms with van der Waals surface area (Å²) in [6.45, 7) is 4.29. The molecule has 1 aliphatic carbocycles. The lowest BCUT2D eigenvalue weighted by atomic mass is 9.75. The SMILES string of the molecule is CCN(C(=O)CNCCCC[C@@H]1[C@@H](C/C=C\CCCC(=O)O)[C@H]2CC[C@@H]1O2)C1CCCC1. The van der Waals surface area contributed by atoms with Gasteiger partial charge in [0.2, 0.25) is 5.91 Å². The van der Waals surface area contributed by atoms with E-state index in [2.05, 4.69) is 29.3 Å². The Hall–Kier alpha value is -1.40. The second-order valence-corrected chi connectivity index (χ2v) is 9.90. The molecular formula is C26H44N2O4. The normalized spacial score (nSPS) is 27.5. The van der Waals surface area contributed by atoms with Gasteiger partial charge in [0.1, 0.15) is 0 Å². The van der Waals surface area contributed by atoms with Gasteiger partial charge < -0.3 is 20.1 Å². The van der Waals surface area contributed by atoms with Crippen LogP contribution < -0.4 is 5.32 Å². The van der Waals surface area contributed by atoms with E-state index in [0.717, 1.165) is 32.4 Å². The largest absolute Gasteiger partial charge is 0.481 e. The number of allylic oxidation sites excluding steroid dienone is 2. The highest BCUT2D eigenvalue weighted by atomic mass is 16.5. The van der Waals surface area contributed by atoms with Gasteiger partial charge in [-0.3, -0.25) is 9.59 Å². The fraction of sp³-hybridized carbons (Fsp3) is 0.846. The lowest BCUT2D eigenvalue weighted by Crippen LogP contribution is -2.43. The maximum Gasteiger partial charge on any atom is 0.303 e. The first kappa shape index (κ1) is 25.2. The summed E-state index contributed by atoms with van der Waals surface area (Å²) >= 11 is 0. The number of rotatable bonds is 15. The van der Waals surface area contributed by atoms with Crippen LogP contribution in [-0.2, 0) is 14.3 Å². The van der Waals surface area contributed by atoms with Crippen molar-refractivity contribution in [1.29, 1.82) is 0 Å². The van der Waals surface area contributed by atoms with Crippen LogP contribution in [0.15, 0.2) is 12.2 Å². The van der Waals surface area contributed by atoms with Crippen LogP contribution >= 0.6 is 0 Å². The highest BCUT2D eigenvalue weighted by molar-refractivity contribution is 5.78. The van der Waals surface area contributed by atoms with E-state index < -0.39 is 5.97 Å². The molecule has 182 valence electrons.